The molecule has 1 atom stereocenters. The van der Waals surface area contributed by atoms with Gasteiger partial charge in [-0.25, -0.2) is 4.98 Å². The molecule has 0 fully saturated rings. The number of nitrogens with one attached hydrogen (secondary N) is 1. The molecule has 10 heteroatoms. The van der Waals surface area contributed by atoms with Crippen molar-refractivity contribution in [2.75, 3.05) is 18.2 Å². The fourth-order valence-electron chi connectivity index (χ4n) is 3.84. The first-order chi connectivity index (χ1) is 18.0. The molecule has 0 spiro atoms. The highest BCUT2D eigenvalue weighted by Crippen LogP contribution is 2.33. The molecule has 2 heterocycles. The van der Waals surface area contributed by atoms with Crippen molar-refractivity contribution in [2.24, 2.45) is 0 Å². The number of hydrogen-bond acceptors (Lipinski definition) is 8. The van der Waals surface area contributed by atoms with Gasteiger partial charge >= 0.3 is 0 Å². The maximum Gasteiger partial charge on any atom is 0.236 e. The summed E-state index contributed by atoms with van der Waals surface area (Å²) in [5, 5.41) is 12.9. The van der Waals surface area contributed by atoms with E-state index in [1.807, 2.05) is 91.2 Å². The van der Waals surface area contributed by atoms with Crippen LogP contribution in [0.5, 0.6) is 11.5 Å². The molecular formula is C27H25N5O3S2. The number of fused-ring (bicyclic) bond motifs is 1. The van der Waals surface area contributed by atoms with Crippen molar-refractivity contribution >= 4 is 44.4 Å². The van der Waals surface area contributed by atoms with E-state index in [1.165, 1.54) is 23.1 Å². The first kappa shape index (κ1) is 24.8. The Labute approximate surface area is 222 Å². The van der Waals surface area contributed by atoms with Gasteiger partial charge in [-0.3, -0.25) is 9.36 Å². The van der Waals surface area contributed by atoms with Crippen LogP contribution in [0.25, 0.3) is 15.9 Å². The van der Waals surface area contributed by atoms with Crippen molar-refractivity contribution in [3.63, 3.8) is 0 Å². The lowest BCUT2D eigenvalue weighted by atomic mass is 10.2. The van der Waals surface area contributed by atoms with Crippen molar-refractivity contribution in [3.05, 3.63) is 84.2 Å². The number of benzene rings is 3. The minimum atomic E-state index is -0.432. The minimum absolute atomic E-state index is 0.154. The number of rotatable bonds is 9. The van der Waals surface area contributed by atoms with E-state index >= 15 is 0 Å². The van der Waals surface area contributed by atoms with Crippen LogP contribution >= 0.6 is 23.1 Å². The molecule has 2 aromatic heterocycles. The fraction of sp³-hybridized carbons (Fsp3) is 0.185. The number of carbonyl (C=O) groups excluding carboxylic acids is 1. The molecule has 1 N–H and O–H groups in total. The van der Waals surface area contributed by atoms with Gasteiger partial charge in [-0.2, -0.15) is 0 Å². The third-order valence-electron chi connectivity index (χ3n) is 5.61. The molecule has 3 aromatic carbocycles. The van der Waals surface area contributed by atoms with E-state index in [1.54, 1.807) is 7.11 Å². The van der Waals surface area contributed by atoms with Crippen LogP contribution in [-0.2, 0) is 4.79 Å². The van der Waals surface area contributed by atoms with Gasteiger partial charge in [0.2, 0.25) is 5.91 Å². The summed E-state index contributed by atoms with van der Waals surface area (Å²) in [6.07, 6.45) is -0.432. The molecule has 0 bridgehead atoms. The number of carbonyl (C=O) groups is 1. The molecule has 0 saturated carbocycles. The average Bonchev–Trinajstić information content (AvgIpc) is 3.53. The molecule has 0 aliphatic carbocycles. The van der Waals surface area contributed by atoms with E-state index in [-0.39, 0.29) is 11.7 Å². The Balaban J connectivity index is 1.35. The first-order valence-electron chi connectivity index (χ1n) is 11.6. The zero-order chi connectivity index (χ0) is 25.8. The lowest BCUT2D eigenvalue weighted by molar-refractivity contribution is -0.113. The monoisotopic (exact) mass is 531 g/mol. The highest BCUT2D eigenvalue weighted by Gasteiger charge is 2.22. The molecule has 0 saturated heterocycles. The Morgan fingerprint density at radius 3 is 2.54 bits per heavy atom. The lowest BCUT2D eigenvalue weighted by Crippen LogP contribution is -2.15. The van der Waals surface area contributed by atoms with Gasteiger partial charge in [0, 0.05) is 5.69 Å². The zero-order valence-corrected chi connectivity index (χ0v) is 22.2. The summed E-state index contributed by atoms with van der Waals surface area (Å²) >= 11 is 2.77. The number of para-hydroxylation sites is 4. The minimum Gasteiger partial charge on any atom is -0.493 e. The predicted octanol–water partition coefficient (Wildman–Crippen LogP) is 6.06. The number of aryl methyl sites for hydroxylation is 1. The van der Waals surface area contributed by atoms with E-state index in [9.17, 15) is 4.79 Å². The normalized spacial score (nSPS) is 11.9. The Kier molecular flexibility index (Phi) is 7.38. The van der Waals surface area contributed by atoms with Crippen LogP contribution < -0.4 is 14.8 Å². The Morgan fingerprint density at radius 1 is 1.03 bits per heavy atom. The van der Waals surface area contributed by atoms with Gasteiger partial charge in [0.05, 0.1) is 23.1 Å². The number of anilines is 1. The topological polar surface area (TPSA) is 91.2 Å². The van der Waals surface area contributed by atoms with Gasteiger partial charge < -0.3 is 14.8 Å². The molecule has 188 valence electrons. The highest BCUT2D eigenvalue weighted by atomic mass is 32.2. The van der Waals surface area contributed by atoms with Crippen molar-refractivity contribution in [2.45, 2.75) is 25.1 Å². The maximum absolute atomic E-state index is 12.8. The number of methoxy groups -OCH3 is 1. The van der Waals surface area contributed by atoms with Crippen molar-refractivity contribution < 1.29 is 14.3 Å². The first-order valence-corrected chi connectivity index (χ1v) is 13.4. The summed E-state index contributed by atoms with van der Waals surface area (Å²) in [7, 11) is 1.61. The molecule has 8 nitrogen and oxygen atoms in total. The molecule has 5 aromatic rings. The van der Waals surface area contributed by atoms with Crippen LogP contribution in [0.2, 0.25) is 0 Å². The number of amides is 1. The molecule has 37 heavy (non-hydrogen) atoms. The van der Waals surface area contributed by atoms with E-state index in [0.29, 0.717) is 27.6 Å². The average molecular weight is 532 g/mol. The summed E-state index contributed by atoms with van der Waals surface area (Å²) in [5.74, 6) is 1.85. The summed E-state index contributed by atoms with van der Waals surface area (Å²) in [4.78, 5) is 17.4. The van der Waals surface area contributed by atoms with Crippen molar-refractivity contribution in [1.82, 2.24) is 19.7 Å². The van der Waals surface area contributed by atoms with Crippen LogP contribution in [-0.4, -0.2) is 38.5 Å². The fourth-order valence-corrected chi connectivity index (χ4v) is 5.56. The van der Waals surface area contributed by atoms with E-state index < -0.39 is 6.10 Å². The second-order valence-corrected chi connectivity index (χ2v) is 10.2. The molecule has 5 rings (SSSR count). The van der Waals surface area contributed by atoms with Gasteiger partial charge in [-0.1, -0.05) is 65.6 Å². The zero-order valence-electron chi connectivity index (χ0n) is 20.5. The van der Waals surface area contributed by atoms with E-state index in [2.05, 4.69) is 20.5 Å². The van der Waals surface area contributed by atoms with Gasteiger partial charge in [-0.05, 0) is 49.7 Å². The van der Waals surface area contributed by atoms with E-state index in [0.717, 1.165) is 21.5 Å². The van der Waals surface area contributed by atoms with E-state index in [4.69, 9.17) is 9.47 Å². The molecule has 0 aliphatic rings. The standard InChI is InChI=1S/C27H25N5O3S2/c1-17-10-9-15-22-24(17)29-26(37-22)28-23(33)16-36-27-31-30-25(32(27)19-11-5-4-6-12-19)18(2)35-21-14-8-7-13-20(21)34-3/h4-15,18H,16H2,1-3H3,(H,28,29,33). The molecule has 0 aliphatic heterocycles. The summed E-state index contributed by atoms with van der Waals surface area (Å²) in [6, 6.07) is 23.2. The molecular weight excluding hydrogens is 506 g/mol. The Hall–Kier alpha value is -3.89. The van der Waals surface area contributed by atoms with Gasteiger partial charge in [0.15, 0.2) is 33.7 Å². The van der Waals surface area contributed by atoms with Gasteiger partial charge in [0.25, 0.3) is 0 Å². The number of thiazole rings is 1. The maximum atomic E-state index is 12.8. The largest absolute Gasteiger partial charge is 0.493 e. The second-order valence-electron chi connectivity index (χ2n) is 8.20. The van der Waals surface area contributed by atoms with Crippen LogP contribution in [0.4, 0.5) is 5.13 Å². The predicted molar refractivity (Wildman–Crippen MR) is 147 cm³/mol. The highest BCUT2D eigenvalue weighted by molar-refractivity contribution is 7.99. The van der Waals surface area contributed by atoms with Crippen LogP contribution in [0.15, 0.2) is 78.0 Å². The van der Waals surface area contributed by atoms with Crippen molar-refractivity contribution in [1.29, 1.82) is 0 Å². The van der Waals surface area contributed by atoms with Gasteiger partial charge in [0.1, 0.15) is 0 Å². The molecule has 0 radical (unpaired) electrons. The Morgan fingerprint density at radius 2 is 1.78 bits per heavy atom. The third kappa shape index (κ3) is 5.45. The number of ether oxygens (including phenoxy) is 2. The molecule has 1 unspecified atom stereocenters. The number of thioether (sulfide) groups is 1. The summed E-state index contributed by atoms with van der Waals surface area (Å²) in [6.45, 7) is 3.92. The van der Waals surface area contributed by atoms with Crippen LogP contribution in [0.3, 0.4) is 0 Å². The number of hydrogen-bond donors (Lipinski definition) is 1. The SMILES string of the molecule is COc1ccccc1OC(C)c1nnc(SCC(=O)Nc2nc3c(C)cccc3s2)n1-c1ccccc1. The van der Waals surface area contributed by atoms with Crippen LogP contribution in [0, 0.1) is 6.92 Å². The third-order valence-corrected chi connectivity index (χ3v) is 7.47. The Bertz CT molecular complexity index is 1530. The molecule has 1 amide bonds. The van der Waals surface area contributed by atoms with Crippen molar-refractivity contribution in [3.8, 4) is 17.2 Å². The van der Waals surface area contributed by atoms with Gasteiger partial charge in [-0.15, -0.1) is 10.2 Å². The smallest absolute Gasteiger partial charge is 0.236 e. The summed E-state index contributed by atoms with van der Waals surface area (Å²) < 4.78 is 14.6. The number of aromatic nitrogens is 4. The van der Waals surface area contributed by atoms with Crippen LogP contribution in [0.1, 0.15) is 24.4 Å². The lowest BCUT2D eigenvalue weighted by Gasteiger charge is -2.18. The quantitative estimate of drug-likeness (QED) is 0.231. The summed E-state index contributed by atoms with van der Waals surface area (Å²) in [5.41, 5.74) is 2.87. The second kappa shape index (κ2) is 11.0. The number of nitrogens with zero attached hydrogens (tertiary/aromatic N) is 4.